The monoisotopic (exact) mass is 309 g/mol. The smallest absolute Gasteiger partial charge is 0.181 e. The molecule has 0 aliphatic carbocycles. The van der Waals surface area contributed by atoms with Gasteiger partial charge in [-0.05, 0) is 6.92 Å². The van der Waals surface area contributed by atoms with Gasteiger partial charge in [0.2, 0.25) is 0 Å². The summed E-state index contributed by atoms with van der Waals surface area (Å²) >= 11 is 0. The van der Waals surface area contributed by atoms with Crippen LogP contribution in [-0.4, -0.2) is 45.8 Å². The van der Waals surface area contributed by atoms with Crippen LogP contribution in [0.25, 0.3) is 17.1 Å². The highest BCUT2D eigenvalue weighted by Crippen LogP contribution is 2.27. The fourth-order valence-corrected chi connectivity index (χ4v) is 2.86. The molecule has 0 spiro atoms. The van der Waals surface area contributed by atoms with Crippen LogP contribution >= 0.6 is 0 Å². The van der Waals surface area contributed by atoms with Crippen molar-refractivity contribution in [3.63, 3.8) is 0 Å². The Kier molecular flexibility index (Phi) is 3.20. The van der Waals surface area contributed by atoms with Crippen molar-refractivity contribution < 1.29 is 4.42 Å². The van der Waals surface area contributed by atoms with Gasteiger partial charge in [-0.25, -0.2) is 14.5 Å². The van der Waals surface area contributed by atoms with Crippen molar-refractivity contribution in [2.45, 2.75) is 6.92 Å². The molecule has 23 heavy (non-hydrogen) atoms. The average Bonchev–Trinajstić information content (AvgIpc) is 3.21. The molecule has 0 saturated carbocycles. The molecule has 0 radical (unpaired) electrons. The summed E-state index contributed by atoms with van der Waals surface area (Å²) in [4.78, 5) is 10.8. The van der Waals surface area contributed by atoms with Crippen LogP contribution in [0, 0.1) is 18.3 Å². The molecule has 1 saturated heterocycles. The maximum Gasteiger partial charge on any atom is 0.181 e. The third kappa shape index (κ3) is 2.22. The summed E-state index contributed by atoms with van der Waals surface area (Å²) in [6.07, 6.45) is 4.78. The van der Waals surface area contributed by atoms with E-state index in [1.807, 2.05) is 13.1 Å². The SMILES string of the molecule is Cc1cn2nc(-c3cnco3)c(C#N)c2nc1N1CCNCC1. The predicted octanol–water partition coefficient (Wildman–Crippen LogP) is 0.974. The van der Waals surface area contributed by atoms with Crippen molar-refractivity contribution in [1.29, 1.82) is 5.26 Å². The molecular weight excluding hydrogens is 294 g/mol. The van der Waals surface area contributed by atoms with Crippen LogP contribution in [0.1, 0.15) is 11.1 Å². The largest absolute Gasteiger partial charge is 0.442 e. The van der Waals surface area contributed by atoms with Crippen LogP contribution in [-0.2, 0) is 0 Å². The van der Waals surface area contributed by atoms with Gasteiger partial charge in [0, 0.05) is 37.9 Å². The highest BCUT2D eigenvalue weighted by molar-refractivity contribution is 5.73. The van der Waals surface area contributed by atoms with Crippen LogP contribution in [0.15, 0.2) is 23.2 Å². The van der Waals surface area contributed by atoms with Crippen molar-refractivity contribution in [3.8, 4) is 17.5 Å². The van der Waals surface area contributed by atoms with E-state index in [1.165, 1.54) is 6.39 Å². The molecule has 116 valence electrons. The van der Waals surface area contributed by atoms with Crippen molar-refractivity contribution in [2.75, 3.05) is 31.1 Å². The van der Waals surface area contributed by atoms with Crippen LogP contribution < -0.4 is 10.2 Å². The molecular formula is C15H15N7O. The minimum absolute atomic E-state index is 0.401. The number of nitriles is 1. The summed E-state index contributed by atoms with van der Waals surface area (Å²) in [5.74, 6) is 1.37. The van der Waals surface area contributed by atoms with Gasteiger partial charge in [-0.3, -0.25) is 0 Å². The summed E-state index contributed by atoms with van der Waals surface area (Å²) in [5.41, 5.74) is 2.43. The molecule has 0 atom stereocenters. The van der Waals surface area contributed by atoms with E-state index in [-0.39, 0.29) is 0 Å². The number of nitrogens with zero attached hydrogens (tertiary/aromatic N) is 6. The number of piperazine rings is 1. The van der Waals surface area contributed by atoms with Crippen molar-refractivity contribution in [1.82, 2.24) is 24.9 Å². The Balaban J connectivity index is 1.89. The van der Waals surface area contributed by atoms with E-state index in [2.05, 4.69) is 26.4 Å². The second-order valence-corrected chi connectivity index (χ2v) is 5.45. The second kappa shape index (κ2) is 5.37. The van der Waals surface area contributed by atoms with Gasteiger partial charge >= 0.3 is 0 Å². The van der Waals surface area contributed by atoms with Gasteiger partial charge in [0.1, 0.15) is 23.1 Å². The van der Waals surface area contributed by atoms with E-state index < -0.39 is 0 Å². The summed E-state index contributed by atoms with van der Waals surface area (Å²) in [6.45, 7) is 5.66. The number of fused-ring (bicyclic) bond motifs is 1. The van der Waals surface area contributed by atoms with Crippen molar-refractivity contribution >= 4 is 11.5 Å². The molecule has 0 bridgehead atoms. The highest BCUT2D eigenvalue weighted by Gasteiger charge is 2.21. The summed E-state index contributed by atoms with van der Waals surface area (Å²) in [7, 11) is 0. The second-order valence-electron chi connectivity index (χ2n) is 5.45. The van der Waals surface area contributed by atoms with Crippen LogP contribution in [0.3, 0.4) is 0 Å². The third-order valence-corrected chi connectivity index (χ3v) is 3.96. The molecule has 3 aromatic heterocycles. The first-order valence-corrected chi connectivity index (χ1v) is 7.42. The number of hydrogen-bond acceptors (Lipinski definition) is 7. The van der Waals surface area contributed by atoms with Crippen LogP contribution in [0.5, 0.6) is 0 Å². The lowest BCUT2D eigenvalue weighted by Gasteiger charge is -2.29. The summed E-state index contributed by atoms with van der Waals surface area (Å²) in [6, 6.07) is 2.19. The number of aromatic nitrogens is 4. The summed E-state index contributed by atoms with van der Waals surface area (Å²) < 4.78 is 6.92. The zero-order valence-corrected chi connectivity index (χ0v) is 12.7. The van der Waals surface area contributed by atoms with E-state index >= 15 is 0 Å². The maximum absolute atomic E-state index is 9.55. The Morgan fingerprint density at radius 1 is 1.35 bits per heavy atom. The zero-order chi connectivity index (χ0) is 15.8. The number of anilines is 1. The molecule has 0 aromatic carbocycles. The number of nitrogens with one attached hydrogen (secondary N) is 1. The Morgan fingerprint density at radius 3 is 2.87 bits per heavy atom. The summed E-state index contributed by atoms with van der Waals surface area (Å²) in [5, 5.41) is 17.3. The molecule has 4 rings (SSSR count). The standard InChI is InChI=1S/C15H15N7O/c1-10-8-22-15(19-14(10)21-4-2-17-3-5-21)11(6-16)13(20-22)12-7-18-9-23-12/h7-9,17H,2-5H2,1H3. The lowest BCUT2D eigenvalue weighted by molar-refractivity contribution is 0.569. The quantitative estimate of drug-likeness (QED) is 0.753. The molecule has 1 aliphatic rings. The van der Waals surface area contributed by atoms with E-state index in [4.69, 9.17) is 9.40 Å². The topological polar surface area (TPSA) is 95.3 Å². The Bertz CT molecular complexity index is 885. The molecule has 3 aromatic rings. The number of aryl methyl sites for hydroxylation is 1. The minimum atomic E-state index is 0.401. The van der Waals surface area contributed by atoms with Gasteiger partial charge in [-0.15, -0.1) is 0 Å². The first-order chi connectivity index (χ1) is 11.3. The van der Waals surface area contributed by atoms with E-state index in [9.17, 15) is 5.26 Å². The molecule has 8 heteroatoms. The lowest BCUT2D eigenvalue weighted by Crippen LogP contribution is -2.44. The van der Waals surface area contributed by atoms with Gasteiger partial charge in [-0.1, -0.05) is 0 Å². The zero-order valence-electron chi connectivity index (χ0n) is 12.7. The Morgan fingerprint density at radius 2 is 2.17 bits per heavy atom. The molecule has 1 N–H and O–H groups in total. The molecule has 1 aliphatic heterocycles. The van der Waals surface area contributed by atoms with Crippen molar-refractivity contribution in [2.24, 2.45) is 0 Å². The van der Waals surface area contributed by atoms with Crippen LogP contribution in [0.4, 0.5) is 5.82 Å². The number of rotatable bonds is 2. The Hall–Kier alpha value is -2.92. The molecule has 0 unspecified atom stereocenters. The normalized spacial score (nSPS) is 15.0. The predicted molar refractivity (Wildman–Crippen MR) is 83.0 cm³/mol. The third-order valence-electron chi connectivity index (χ3n) is 3.96. The first-order valence-electron chi connectivity index (χ1n) is 7.42. The van der Waals surface area contributed by atoms with Gasteiger partial charge in [-0.2, -0.15) is 10.4 Å². The maximum atomic E-state index is 9.55. The van der Waals surface area contributed by atoms with Gasteiger partial charge < -0.3 is 14.6 Å². The minimum Gasteiger partial charge on any atom is -0.442 e. The molecule has 0 amide bonds. The van der Waals surface area contributed by atoms with Crippen molar-refractivity contribution in [3.05, 3.63) is 29.9 Å². The van der Waals surface area contributed by atoms with Crippen LogP contribution in [0.2, 0.25) is 0 Å². The highest BCUT2D eigenvalue weighted by atomic mass is 16.3. The van der Waals surface area contributed by atoms with Gasteiger partial charge in [0.25, 0.3) is 0 Å². The number of oxazole rings is 1. The van der Waals surface area contributed by atoms with E-state index in [1.54, 1.807) is 10.7 Å². The molecule has 1 fully saturated rings. The fraction of sp³-hybridized carbons (Fsp3) is 0.333. The van der Waals surface area contributed by atoms with Gasteiger partial charge in [0.15, 0.2) is 17.8 Å². The van der Waals surface area contributed by atoms with Gasteiger partial charge in [0.05, 0.1) is 6.20 Å². The van der Waals surface area contributed by atoms with E-state index in [0.717, 1.165) is 37.6 Å². The molecule has 4 heterocycles. The average molecular weight is 309 g/mol. The fourth-order valence-electron chi connectivity index (χ4n) is 2.86. The Labute approximate surface area is 132 Å². The first kappa shape index (κ1) is 13.7. The molecule has 8 nitrogen and oxygen atoms in total. The van der Waals surface area contributed by atoms with E-state index in [0.29, 0.717) is 22.7 Å². The number of hydrogen-bond donors (Lipinski definition) is 1. The lowest BCUT2D eigenvalue weighted by atomic mass is 10.2.